The quantitative estimate of drug-likeness (QED) is 0.654. The smallest absolute Gasteiger partial charge is 0.316 e. The van der Waals surface area contributed by atoms with Crippen LogP contribution in [0.3, 0.4) is 0 Å². The largest absolute Gasteiger partial charge is 0.398 e. The highest BCUT2D eigenvalue weighted by atomic mass is 35.5. The third-order valence-corrected chi connectivity index (χ3v) is 2.99. The molecule has 108 valence electrons. The molecule has 0 spiro atoms. The number of benzene rings is 2. The molecule has 6 N–H and O–H groups in total. The summed E-state index contributed by atoms with van der Waals surface area (Å²) in [7, 11) is 0. The Hall–Kier alpha value is -2.73. The van der Waals surface area contributed by atoms with Crippen molar-refractivity contribution in [3.63, 3.8) is 0 Å². The lowest BCUT2D eigenvalue weighted by molar-refractivity contribution is 0.102. The number of hydrogen-bond donors (Lipinski definition) is 4. The first-order chi connectivity index (χ1) is 9.95. The predicted octanol–water partition coefficient (Wildman–Crippen LogP) is 2.67. The molecule has 21 heavy (non-hydrogen) atoms. The highest BCUT2D eigenvalue weighted by molar-refractivity contribution is 6.33. The van der Waals surface area contributed by atoms with Crippen LogP contribution in [0.1, 0.15) is 10.4 Å². The Balaban J connectivity index is 2.15. The fourth-order valence-corrected chi connectivity index (χ4v) is 1.82. The Morgan fingerprint density at radius 1 is 1.00 bits per heavy atom. The molecule has 7 heteroatoms. The zero-order valence-electron chi connectivity index (χ0n) is 10.9. The summed E-state index contributed by atoms with van der Waals surface area (Å²) in [5.74, 6) is -0.338. The molecule has 3 amide bonds. The van der Waals surface area contributed by atoms with Crippen molar-refractivity contribution in [2.24, 2.45) is 5.73 Å². The molecule has 2 aromatic carbocycles. The first-order valence-electron chi connectivity index (χ1n) is 5.98. The molecular formula is C14H13ClN4O2. The fraction of sp³-hybridized carbons (Fsp3) is 0. The molecular weight excluding hydrogens is 292 g/mol. The molecule has 0 aliphatic rings. The van der Waals surface area contributed by atoms with Gasteiger partial charge < -0.3 is 22.1 Å². The van der Waals surface area contributed by atoms with Crippen LogP contribution in [-0.2, 0) is 0 Å². The predicted molar refractivity (Wildman–Crippen MR) is 83.5 cm³/mol. The van der Waals surface area contributed by atoms with Crippen LogP contribution in [0.5, 0.6) is 0 Å². The summed E-state index contributed by atoms with van der Waals surface area (Å²) < 4.78 is 0. The van der Waals surface area contributed by atoms with E-state index in [1.54, 1.807) is 36.4 Å². The van der Waals surface area contributed by atoms with E-state index in [0.717, 1.165) is 0 Å². The van der Waals surface area contributed by atoms with E-state index >= 15 is 0 Å². The molecule has 2 rings (SSSR count). The third-order valence-electron chi connectivity index (χ3n) is 2.65. The topological polar surface area (TPSA) is 110 Å². The summed E-state index contributed by atoms with van der Waals surface area (Å²) in [4.78, 5) is 22.9. The van der Waals surface area contributed by atoms with E-state index in [9.17, 15) is 9.59 Å². The summed E-state index contributed by atoms with van der Waals surface area (Å²) >= 11 is 5.81. The molecule has 0 fully saturated rings. The van der Waals surface area contributed by atoms with E-state index in [2.05, 4.69) is 10.6 Å². The summed E-state index contributed by atoms with van der Waals surface area (Å²) in [6.45, 7) is 0. The Kier molecular flexibility index (Phi) is 4.30. The highest BCUT2D eigenvalue weighted by Gasteiger charge is 2.08. The first kappa shape index (κ1) is 14.7. The zero-order chi connectivity index (χ0) is 15.4. The molecule has 0 radical (unpaired) electrons. The van der Waals surface area contributed by atoms with Gasteiger partial charge in [-0.25, -0.2) is 4.79 Å². The number of urea groups is 1. The number of carbonyl (C=O) groups is 2. The Labute approximate surface area is 126 Å². The van der Waals surface area contributed by atoms with Crippen molar-refractivity contribution in [1.29, 1.82) is 0 Å². The monoisotopic (exact) mass is 304 g/mol. The average Bonchev–Trinajstić information content (AvgIpc) is 2.41. The van der Waals surface area contributed by atoms with Crippen LogP contribution >= 0.6 is 11.6 Å². The van der Waals surface area contributed by atoms with Crippen molar-refractivity contribution >= 4 is 40.6 Å². The van der Waals surface area contributed by atoms with Gasteiger partial charge in [-0.2, -0.15) is 0 Å². The van der Waals surface area contributed by atoms with E-state index < -0.39 is 6.03 Å². The molecule has 0 bridgehead atoms. The van der Waals surface area contributed by atoms with Gasteiger partial charge in [-0.1, -0.05) is 17.7 Å². The highest BCUT2D eigenvalue weighted by Crippen LogP contribution is 2.21. The number of halogens is 1. The molecule has 2 aromatic rings. The number of hydrogen-bond acceptors (Lipinski definition) is 3. The maximum absolute atomic E-state index is 12.1. The summed E-state index contributed by atoms with van der Waals surface area (Å²) in [5, 5.41) is 5.50. The van der Waals surface area contributed by atoms with Crippen molar-refractivity contribution in [1.82, 2.24) is 0 Å². The number of anilines is 3. The van der Waals surface area contributed by atoms with E-state index in [-0.39, 0.29) is 5.91 Å². The van der Waals surface area contributed by atoms with Gasteiger partial charge in [0.1, 0.15) is 0 Å². The van der Waals surface area contributed by atoms with E-state index in [1.807, 2.05) is 0 Å². The minimum atomic E-state index is -0.677. The van der Waals surface area contributed by atoms with Crippen molar-refractivity contribution in [2.45, 2.75) is 0 Å². The summed E-state index contributed by atoms with van der Waals surface area (Å²) in [5.41, 5.74) is 12.4. The minimum Gasteiger partial charge on any atom is -0.398 e. The van der Waals surface area contributed by atoms with E-state index in [0.29, 0.717) is 27.6 Å². The molecule has 0 atom stereocenters. The normalized spacial score (nSPS) is 9.95. The van der Waals surface area contributed by atoms with Gasteiger partial charge in [0, 0.05) is 16.9 Å². The lowest BCUT2D eigenvalue weighted by atomic mass is 10.2. The van der Waals surface area contributed by atoms with Crippen molar-refractivity contribution in [3.8, 4) is 0 Å². The van der Waals surface area contributed by atoms with Gasteiger partial charge in [0.05, 0.1) is 10.7 Å². The number of amides is 3. The van der Waals surface area contributed by atoms with Gasteiger partial charge in [-0.15, -0.1) is 0 Å². The molecule has 6 nitrogen and oxygen atoms in total. The lowest BCUT2D eigenvalue weighted by Crippen LogP contribution is -2.19. The maximum atomic E-state index is 12.1. The number of carbonyl (C=O) groups excluding carboxylic acids is 2. The van der Waals surface area contributed by atoms with Crippen LogP contribution in [0, 0.1) is 0 Å². The van der Waals surface area contributed by atoms with Gasteiger partial charge in [-0.05, 0) is 36.4 Å². The summed E-state index contributed by atoms with van der Waals surface area (Å²) in [6, 6.07) is 10.5. The second-order valence-corrected chi connectivity index (χ2v) is 4.67. The Morgan fingerprint density at radius 3 is 2.29 bits per heavy atom. The van der Waals surface area contributed by atoms with Crippen molar-refractivity contribution in [2.75, 3.05) is 16.4 Å². The number of rotatable bonds is 3. The van der Waals surface area contributed by atoms with Gasteiger partial charge in [0.2, 0.25) is 0 Å². The van der Waals surface area contributed by atoms with Crippen LogP contribution in [0.2, 0.25) is 5.02 Å². The Morgan fingerprint density at radius 2 is 1.67 bits per heavy atom. The number of nitrogen functional groups attached to an aromatic ring is 1. The second-order valence-electron chi connectivity index (χ2n) is 4.26. The molecule has 0 aliphatic carbocycles. The van der Waals surface area contributed by atoms with Crippen LogP contribution < -0.4 is 22.1 Å². The van der Waals surface area contributed by atoms with Crippen molar-refractivity contribution < 1.29 is 9.59 Å². The average molecular weight is 305 g/mol. The van der Waals surface area contributed by atoms with Crippen LogP contribution in [0.25, 0.3) is 0 Å². The maximum Gasteiger partial charge on any atom is 0.316 e. The molecule has 0 heterocycles. The van der Waals surface area contributed by atoms with Crippen LogP contribution in [0.4, 0.5) is 21.9 Å². The molecule has 0 aromatic heterocycles. The number of nitrogens with two attached hydrogens (primary N) is 2. The fourth-order valence-electron chi connectivity index (χ4n) is 1.71. The van der Waals surface area contributed by atoms with Crippen LogP contribution in [-0.4, -0.2) is 11.9 Å². The molecule has 0 saturated carbocycles. The SMILES string of the molecule is NC(=O)Nc1cccc(NC(=O)c2ccc(Cl)c(N)c2)c1. The molecule has 0 aliphatic heterocycles. The van der Waals surface area contributed by atoms with Crippen LogP contribution in [0.15, 0.2) is 42.5 Å². The Bertz CT molecular complexity index is 703. The van der Waals surface area contributed by atoms with Gasteiger partial charge in [-0.3, -0.25) is 4.79 Å². The lowest BCUT2D eigenvalue weighted by Gasteiger charge is -2.08. The van der Waals surface area contributed by atoms with Gasteiger partial charge in [0.25, 0.3) is 5.91 Å². The van der Waals surface area contributed by atoms with E-state index in [1.165, 1.54) is 6.07 Å². The van der Waals surface area contributed by atoms with Gasteiger partial charge >= 0.3 is 6.03 Å². The van der Waals surface area contributed by atoms with Gasteiger partial charge in [0.15, 0.2) is 0 Å². The molecule has 0 unspecified atom stereocenters. The third kappa shape index (κ3) is 3.87. The second kappa shape index (κ2) is 6.15. The summed E-state index contributed by atoms with van der Waals surface area (Å²) in [6.07, 6.45) is 0. The minimum absolute atomic E-state index is 0.327. The number of primary amides is 1. The molecule has 0 saturated heterocycles. The first-order valence-corrected chi connectivity index (χ1v) is 6.36. The standard InChI is InChI=1S/C14H13ClN4O2/c15-11-5-4-8(6-12(11)16)13(20)18-9-2-1-3-10(7-9)19-14(17)21/h1-7H,16H2,(H,18,20)(H3,17,19,21). The van der Waals surface area contributed by atoms with Crippen molar-refractivity contribution in [3.05, 3.63) is 53.1 Å². The number of nitrogens with one attached hydrogen (secondary N) is 2. The van der Waals surface area contributed by atoms with E-state index in [4.69, 9.17) is 23.1 Å². The zero-order valence-corrected chi connectivity index (χ0v) is 11.6.